The van der Waals surface area contributed by atoms with E-state index < -0.39 is 0 Å². The number of hydrogen-bond acceptors (Lipinski definition) is 3. The second-order valence-corrected chi connectivity index (χ2v) is 6.90. The molecule has 2 aromatic rings. The summed E-state index contributed by atoms with van der Waals surface area (Å²) < 4.78 is 0. The molecule has 1 aromatic carbocycles. The van der Waals surface area contributed by atoms with Crippen LogP contribution in [0, 0.1) is 0 Å². The molecule has 2 heterocycles. The van der Waals surface area contributed by atoms with Crippen LogP contribution >= 0.6 is 11.6 Å². The number of pyridine rings is 1. The molecular formula is C19H24ClN3. The minimum Gasteiger partial charge on any atom is -0.308 e. The van der Waals surface area contributed by atoms with Crippen LogP contribution in [0.15, 0.2) is 42.6 Å². The third-order valence-corrected chi connectivity index (χ3v) is 4.66. The van der Waals surface area contributed by atoms with E-state index in [1.54, 1.807) is 6.20 Å². The summed E-state index contributed by atoms with van der Waals surface area (Å²) in [4.78, 5) is 6.55. The van der Waals surface area contributed by atoms with Crippen LogP contribution in [0.2, 0.25) is 5.15 Å². The van der Waals surface area contributed by atoms with Crippen molar-refractivity contribution in [2.24, 2.45) is 0 Å². The van der Waals surface area contributed by atoms with Crippen molar-refractivity contribution in [1.29, 1.82) is 0 Å². The van der Waals surface area contributed by atoms with Crippen LogP contribution < -0.4 is 5.32 Å². The predicted octanol–water partition coefficient (Wildman–Crippen LogP) is 4.00. The van der Waals surface area contributed by atoms with Crippen molar-refractivity contribution in [2.75, 3.05) is 19.6 Å². The van der Waals surface area contributed by atoms with E-state index in [1.807, 2.05) is 12.1 Å². The van der Waals surface area contributed by atoms with Gasteiger partial charge in [-0.25, -0.2) is 4.98 Å². The molecule has 1 N–H and O–H groups in total. The second kappa shape index (κ2) is 7.43. The molecular weight excluding hydrogens is 306 g/mol. The van der Waals surface area contributed by atoms with Gasteiger partial charge in [-0.15, -0.1) is 0 Å². The van der Waals surface area contributed by atoms with Gasteiger partial charge >= 0.3 is 0 Å². The first-order chi connectivity index (χ1) is 11.1. The molecule has 1 atom stereocenters. The minimum absolute atomic E-state index is 0.389. The van der Waals surface area contributed by atoms with Gasteiger partial charge in [0.05, 0.1) is 0 Å². The van der Waals surface area contributed by atoms with Crippen molar-refractivity contribution in [3.63, 3.8) is 0 Å². The van der Waals surface area contributed by atoms with Gasteiger partial charge in [-0.2, -0.15) is 0 Å². The molecule has 3 rings (SSSR count). The first kappa shape index (κ1) is 16.4. The second-order valence-electron chi connectivity index (χ2n) is 6.51. The fraction of sp³-hybridized carbons (Fsp3) is 0.421. The maximum atomic E-state index is 6.00. The average Bonchev–Trinajstić information content (AvgIpc) is 2.55. The molecule has 0 saturated carbocycles. The Morgan fingerprint density at radius 3 is 2.91 bits per heavy atom. The SMILES string of the molecule is CC(C)c1ccccc1C1CN(Cc2ccnc(Cl)c2)CCN1. The summed E-state index contributed by atoms with van der Waals surface area (Å²) in [6.07, 6.45) is 1.78. The molecule has 4 heteroatoms. The van der Waals surface area contributed by atoms with E-state index in [-0.39, 0.29) is 0 Å². The lowest BCUT2D eigenvalue weighted by molar-refractivity contribution is 0.192. The highest BCUT2D eigenvalue weighted by Crippen LogP contribution is 2.27. The Balaban J connectivity index is 1.74. The van der Waals surface area contributed by atoms with Crippen molar-refractivity contribution >= 4 is 11.6 Å². The first-order valence-electron chi connectivity index (χ1n) is 8.28. The first-order valence-corrected chi connectivity index (χ1v) is 8.66. The predicted molar refractivity (Wildman–Crippen MR) is 95.8 cm³/mol. The molecule has 1 fully saturated rings. The number of benzene rings is 1. The van der Waals surface area contributed by atoms with Crippen molar-refractivity contribution in [3.8, 4) is 0 Å². The van der Waals surface area contributed by atoms with E-state index in [9.17, 15) is 0 Å². The highest BCUT2D eigenvalue weighted by atomic mass is 35.5. The van der Waals surface area contributed by atoms with Gasteiger partial charge in [-0.3, -0.25) is 4.90 Å². The molecule has 1 aliphatic rings. The van der Waals surface area contributed by atoms with Crippen LogP contribution in [0.3, 0.4) is 0 Å². The Hall–Kier alpha value is -1.42. The van der Waals surface area contributed by atoms with Gasteiger partial charge in [0.2, 0.25) is 0 Å². The Morgan fingerprint density at radius 1 is 1.30 bits per heavy atom. The third-order valence-electron chi connectivity index (χ3n) is 4.45. The summed E-state index contributed by atoms with van der Waals surface area (Å²) in [7, 11) is 0. The van der Waals surface area contributed by atoms with Crippen molar-refractivity contribution in [1.82, 2.24) is 15.2 Å². The van der Waals surface area contributed by atoms with Gasteiger partial charge in [-0.05, 0) is 34.7 Å². The number of halogens is 1. The Labute approximate surface area is 143 Å². The van der Waals surface area contributed by atoms with Gasteiger partial charge in [-0.1, -0.05) is 49.7 Å². The van der Waals surface area contributed by atoms with Gasteiger partial charge in [0.25, 0.3) is 0 Å². The van der Waals surface area contributed by atoms with Gasteiger partial charge in [0.1, 0.15) is 5.15 Å². The summed E-state index contributed by atoms with van der Waals surface area (Å²) in [6, 6.07) is 13.2. The van der Waals surface area contributed by atoms with E-state index in [2.05, 4.69) is 53.3 Å². The van der Waals surface area contributed by atoms with E-state index in [4.69, 9.17) is 11.6 Å². The molecule has 1 aliphatic heterocycles. The molecule has 0 bridgehead atoms. The van der Waals surface area contributed by atoms with Crippen LogP contribution in [0.4, 0.5) is 0 Å². The molecule has 3 nitrogen and oxygen atoms in total. The lowest BCUT2D eigenvalue weighted by Gasteiger charge is -2.35. The maximum Gasteiger partial charge on any atom is 0.129 e. The summed E-state index contributed by atoms with van der Waals surface area (Å²) in [6.45, 7) is 8.53. The van der Waals surface area contributed by atoms with Crippen LogP contribution in [0.1, 0.15) is 42.5 Å². The van der Waals surface area contributed by atoms with E-state index in [1.165, 1.54) is 16.7 Å². The normalized spacial score (nSPS) is 19.2. The average molecular weight is 330 g/mol. The molecule has 23 heavy (non-hydrogen) atoms. The van der Waals surface area contributed by atoms with E-state index >= 15 is 0 Å². The zero-order valence-corrected chi connectivity index (χ0v) is 14.6. The quantitative estimate of drug-likeness (QED) is 0.859. The fourth-order valence-corrected chi connectivity index (χ4v) is 3.51. The highest BCUT2D eigenvalue weighted by Gasteiger charge is 2.23. The Bertz CT molecular complexity index is 657. The van der Waals surface area contributed by atoms with E-state index in [0.29, 0.717) is 17.1 Å². The number of nitrogens with zero attached hydrogens (tertiary/aromatic N) is 2. The minimum atomic E-state index is 0.389. The highest BCUT2D eigenvalue weighted by molar-refractivity contribution is 6.29. The summed E-state index contributed by atoms with van der Waals surface area (Å²) in [5, 5.41) is 4.25. The van der Waals surface area contributed by atoms with Crippen LogP contribution in [-0.4, -0.2) is 29.5 Å². The topological polar surface area (TPSA) is 28.2 Å². The van der Waals surface area contributed by atoms with Gasteiger partial charge < -0.3 is 5.32 Å². The zero-order chi connectivity index (χ0) is 16.2. The summed E-state index contributed by atoms with van der Waals surface area (Å²) >= 11 is 6.00. The molecule has 0 aliphatic carbocycles. The van der Waals surface area contributed by atoms with Crippen molar-refractivity contribution in [2.45, 2.75) is 32.4 Å². The molecule has 122 valence electrons. The fourth-order valence-electron chi connectivity index (χ4n) is 3.32. The maximum absolute atomic E-state index is 6.00. The van der Waals surface area contributed by atoms with Gasteiger partial charge in [0.15, 0.2) is 0 Å². The number of rotatable bonds is 4. The Morgan fingerprint density at radius 2 is 2.13 bits per heavy atom. The van der Waals surface area contributed by atoms with Gasteiger partial charge in [0, 0.05) is 38.4 Å². The number of hydrogen-bond donors (Lipinski definition) is 1. The molecule has 0 radical (unpaired) electrons. The smallest absolute Gasteiger partial charge is 0.129 e. The Kier molecular flexibility index (Phi) is 5.31. The van der Waals surface area contributed by atoms with Crippen LogP contribution in [-0.2, 0) is 6.54 Å². The largest absolute Gasteiger partial charge is 0.308 e. The number of nitrogens with one attached hydrogen (secondary N) is 1. The zero-order valence-electron chi connectivity index (χ0n) is 13.8. The van der Waals surface area contributed by atoms with Crippen LogP contribution in [0.25, 0.3) is 0 Å². The number of aromatic nitrogens is 1. The molecule has 0 spiro atoms. The van der Waals surface area contributed by atoms with Crippen molar-refractivity contribution in [3.05, 3.63) is 64.4 Å². The number of piperazine rings is 1. The van der Waals surface area contributed by atoms with Crippen LogP contribution in [0.5, 0.6) is 0 Å². The lowest BCUT2D eigenvalue weighted by atomic mass is 9.92. The molecule has 1 unspecified atom stereocenters. The molecule has 1 aromatic heterocycles. The monoisotopic (exact) mass is 329 g/mol. The third kappa shape index (κ3) is 4.11. The summed E-state index contributed by atoms with van der Waals surface area (Å²) in [5.41, 5.74) is 4.10. The standard InChI is InChI=1S/C19H24ClN3/c1-14(2)16-5-3-4-6-17(16)18-13-23(10-9-21-18)12-15-7-8-22-19(20)11-15/h3-8,11,14,18,21H,9-10,12-13H2,1-2H3. The lowest BCUT2D eigenvalue weighted by Crippen LogP contribution is -2.45. The van der Waals surface area contributed by atoms with E-state index in [0.717, 1.165) is 26.2 Å². The summed E-state index contributed by atoms with van der Waals surface area (Å²) in [5.74, 6) is 0.544. The van der Waals surface area contributed by atoms with Crippen molar-refractivity contribution < 1.29 is 0 Å². The molecule has 0 amide bonds. The molecule has 1 saturated heterocycles.